The predicted octanol–water partition coefficient (Wildman–Crippen LogP) is 2.48. The van der Waals surface area contributed by atoms with E-state index in [0.29, 0.717) is 5.39 Å². The molecule has 7 nitrogen and oxygen atoms in total. The van der Waals surface area contributed by atoms with Gasteiger partial charge in [0.1, 0.15) is 12.6 Å². The molecule has 2 atom stereocenters. The average molecular weight is 384 g/mol. The summed E-state index contributed by atoms with van der Waals surface area (Å²) in [6, 6.07) is 5.24. The van der Waals surface area contributed by atoms with Gasteiger partial charge in [0.2, 0.25) is 0 Å². The summed E-state index contributed by atoms with van der Waals surface area (Å²) in [5.41, 5.74) is -2.34. The van der Waals surface area contributed by atoms with Crippen molar-refractivity contribution in [2.45, 2.75) is 24.2 Å². The zero-order valence-corrected chi connectivity index (χ0v) is 14.1. The molecule has 1 saturated heterocycles. The van der Waals surface area contributed by atoms with Crippen LogP contribution in [0, 0.1) is 0 Å². The molecule has 2 aliphatic heterocycles. The van der Waals surface area contributed by atoms with Crippen molar-refractivity contribution in [1.29, 1.82) is 0 Å². The number of ether oxygens (including phenoxy) is 2. The average Bonchev–Trinajstić information content (AvgIpc) is 2.98. The Kier molecular flexibility index (Phi) is 3.93. The Bertz CT molecular complexity index is 919. The fourth-order valence-electron chi connectivity index (χ4n) is 3.54. The van der Waals surface area contributed by atoms with Crippen molar-refractivity contribution in [3.8, 4) is 11.5 Å². The minimum absolute atomic E-state index is 0.0405. The molecule has 27 heavy (non-hydrogen) atoms. The van der Waals surface area contributed by atoms with Gasteiger partial charge >= 0.3 is 12.1 Å². The molecule has 1 fully saturated rings. The van der Waals surface area contributed by atoms with Crippen LogP contribution in [0.3, 0.4) is 0 Å². The molecular weight excluding hydrogens is 369 g/mol. The highest BCUT2D eigenvalue weighted by Crippen LogP contribution is 2.49. The molecule has 0 amide bonds. The lowest BCUT2D eigenvalue weighted by atomic mass is 9.99. The van der Waals surface area contributed by atoms with E-state index in [1.807, 2.05) is 0 Å². The standard InChI is InChI=1S/C17H15F3N2O5/c1-25-22-7-16(6-11(22)15(23)24)8-26-12-9-4-2-3-5-10(9)21-14(13(12)27-16)17(18,19)20/h2-5,11H,6-8H2,1H3,(H,23,24). The number of carboxylic acids is 1. The van der Waals surface area contributed by atoms with Crippen molar-refractivity contribution in [3.05, 3.63) is 30.0 Å². The maximum atomic E-state index is 13.6. The Morgan fingerprint density at radius 1 is 1.37 bits per heavy atom. The van der Waals surface area contributed by atoms with Crippen LogP contribution in [-0.2, 0) is 15.8 Å². The molecule has 10 heteroatoms. The topological polar surface area (TPSA) is 81.1 Å². The number of benzene rings is 1. The Hall–Kier alpha value is -2.59. The third-order valence-corrected chi connectivity index (χ3v) is 4.75. The number of fused-ring (bicyclic) bond motifs is 3. The van der Waals surface area contributed by atoms with Gasteiger partial charge in [-0.1, -0.05) is 12.1 Å². The molecule has 144 valence electrons. The Morgan fingerprint density at radius 2 is 2.11 bits per heavy atom. The van der Waals surface area contributed by atoms with Gasteiger partial charge in [0.25, 0.3) is 0 Å². The molecule has 0 radical (unpaired) electrons. The minimum atomic E-state index is -4.76. The molecule has 4 rings (SSSR count). The van der Waals surface area contributed by atoms with Crippen molar-refractivity contribution in [2.24, 2.45) is 0 Å². The number of halogens is 3. The third-order valence-electron chi connectivity index (χ3n) is 4.75. The first-order chi connectivity index (χ1) is 12.7. The third kappa shape index (κ3) is 2.85. The number of hydrogen-bond acceptors (Lipinski definition) is 6. The lowest BCUT2D eigenvalue weighted by molar-refractivity contribution is -0.175. The second-order valence-corrected chi connectivity index (χ2v) is 6.52. The van der Waals surface area contributed by atoms with Gasteiger partial charge in [0.05, 0.1) is 19.2 Å². The van der Waals surface area contributed by atoms with Crippen LogP contribution in [-0.4, -0.2) is 53.0 Å². The van der Waals surface area contributed by atoms with Crippen molar-refractivity contribution >= 4 is 16.9 Å². The van der Waals surface area contributed by atoms with Crippen molar-refractivity contribution in [2.75, 3.05) is 20.3 Å². The van der Waals surface area contributed by atoms with E-state index in [1.165, 1.54) is 18.2 Å². The highest BCUT2D eigenvalue weighted by Gasteiger charge is 2.54. The van der Waals surface area contributed by atoms with Gasteiger partial charge in [-0.2, -0.15) is 18.2 Å². The largest absolute Gasteiger partial charge is 0.485 e. The number of aliphatic carboxylic acids is 1. The second kappa shape index (κ2) is 5.96. The number of hydroxylamine groups is 2. The Morgan fingerprint density at radius 3 is 2.74 bits per heavy atom. The highest BCUT2D eigenvalue weighted by molar-refractivity contribution is 5.88. The Balaban J connectivity index is 1.83. The van der Waals surface area contributed by atoms with Gasteiger partial charge in [0, 0.05) is 11.8 Å². The molecular formula is C17H15F3N2O5. The summed E-state index contributed by atoms with van der Waals surface area (Å²) >= 11 is 0. The van der Waals surface area contributed by atoms with E-state index in [1.54, 1.807) is 18.2 Å². The van der Waals surface area contributed by atoms with Crippen molar-refractivity contribution in [3.63, 3.8) is 0 Å². The maximum absolute atomic E-state index is 13.6. The van der Waals surface area contributed by atoms with Crippen LogP contribution in [0.5, 0.6) is 11.5 Å². The number of para-hydroxylation sites is 1. The highest BCUT2D eigenvalue weighted by atomic mass is 19.4. The van der Waals surface area contributed by atoms with E-state index >= 15 is 0 Å². The van der Waals surface area contributed by atoms with E-state index in [0.717, 1.165) is 0 Å². The summed E-state index contributed by atoms with van der Waals surface area (Å²) in [4.78, 5) is 20.2. The van der Waals surface area contributed by atoms with E-state index in [4.69, 9.17) is 14.3 Å². The lowest BCUT2D eigenvalue weighted by Gasteiger charge is -2.36. The second-order valence-electron chi connectivity index (χ2n) is 6.52. The molecule has 0 bridgehead atoms. The summed E-state index contributed by atoms with van der Waals surface area (Å²) in [5.74, 6) is -1.72. The molecule has 2 aromatic rings. The zero-order valence-electron chi connectivity index (χ0n) is 14.1. The van der Waals surface area contributed by atoms with Crippen LogP contribution in [0.1, 0.15) is 12.1 Å². The van der Waals surface area contributed by atoms with Crippen LogP contribution in [0.15, 0.2) is 24.3 Å². The van der Waals surface area contributed by atoms with Crippen LogP contribution in [0.25, 0.3) is 10.9 Å². The van der Waals surface area contributed by atoms with Crippen molar-refractivity contribution < 1.29 is 37.4 Å². The lowest BCUT2D eigenvalue weighted by Crippen LogP contribution is -2.47. The number of alkyl halides is 3. The maximum Gasteiger partial charge on any atom is 0.437 e. The fourth-order valence-corrected chi connectivity index (χ4v) is 3.54. The fraction of sp³-hybridized carbons (Fsp3) is 0.412. The van der Waals surface area contributed by atoms with Crippen LogP contribution in [0.4, 0.5) is 13.2 Å². The number of rotatable bonds is 2. The van der Waals surface area contributed by atoms with E-state index in [9.17, 15) is 23.1 Å². The number of carboxylic acid groups (broad SMARTS) is 1. The first-order valence-electron chi connectivity index (χ1n) is 8.09. The van der Waals surface area contributed by atoms with Gasteiger partial charge in [-0.05, 0) is 12.1 Å². The van der Waals surface area contributed by atoms with E-state index in [2.05, 4.69) is 4.98 Å². The van der Waals surface area contributed by atoms with Crippen LogP contribution < -0.4 is 9.47 Å². The van der Waals surface area contributed by atoms with E-state index in [-0.39, 0.29) is 30.8 Å². The molecule has 1 aromatic carbocycles. The quantitative estimate of drug-likeness (QED) is 0.852. The van der Waals surface area contributed by atoms with Gasteiger partial charge in [-0.15, -0.1) is 0 Å². The molecule has 3 heterocycles. The Labute approximate surface area is 151 Å². The normalized spacial score (nSPS) is 25.3. The number of carbonyl (C=O) groups is 1. The molecule has 2 aliphatic rings. The molecule has 1 N–H and O–H groups in total. The minimum Gasteiger partial charge on any atom is -0.485 e. The first kappa shape index (κ1) is 17.8. The molecule has 0 saturated carbocycles. The number of hydrogen-bond donors (Lipinski definition) is 1. The number of nitrogens with zero attached hydrogens (tertiary/aromatic N) is 2. The summed E-state index contributed by atoms with van der Waals surface area (Å²) in [6.07, 6.45) is -4.85. The zero-order chi connectivity index (χ0) is 19.4. The summed E-state index contributed by atoms with van der Waals surface area (Å²) in [5, 5.41) is 10.9. The van der Waals surface area contributed by atoms with E-state index < -0.39 is 35.2 Å². The molecule has 1 aromatic heterocycles. The van der Waals surface area contributed by atoms with Gasteiger partial charge in [-0.25, -0.2) is 4.98 Å². The van der Waals surface area contributed by atoms with Crippen molar-refractivity contribution in [1.82, 2.24) is 10.0 Å². The number of aromatic nitrogens is 1. The molecule has 0 aliphatic carbocycles. The number of pyridine rings is 1. The van der Waals surface area contributed by atoms with Crippen LogP contribution in [0.2, 0.25) is 0 Å². The van der Waals surface area contributed by atoms with Gasteiger partial charge < -0.3 is 19.4 Å². The van der Waals surface area contributed by atoms with Gasteiger partial charge in [0.15, 0.2) is 22.8 Å². The predicted molar refractivity (Wildman–Crippen MR) is 85.4 cm³/mol. The summed E-state index contributed by atoms with van der Waals surface area (Å²) in [6.45, 7) is -0.154. The summed E-state index contributed by atoms with van der Waals surface area (Å²) in [7, 11) is 1.29. The molecule has 2 unspecified atom stereocenters. The smallest absolute Gasteiger partial charge is 0.437 e. The van der Waals surface area contributed by atoms with Gasteiger partial charge in [-0.3, -0.25) is 4.79 Å². The summed E-state index contributed by atoms with van der Waals surface area (Å²) < 4.78 is 52.3. The first-order valence-corrected chi connectivity index (χ1v) is 8.09. The monoisotopic (exact) mass is 384 g/mol. The van der Waals surface area contributed by atoms with Crippen LogP contribution >= 0.6 is 0 Å². The SMILES string of the molecule is CON1CC2(COc3c(c(C(F)(F)F)nc4ccccc34)O2)CC1C(=O)O. The molecule has 1 spiro atoms.